The summed E-state index contributed by atoms with van der Waals surface area (Å²) in [6, 6.07) is 9.62. The van der Waals surface area contributed by atoms with Crippen LogP contribution in [0.1, 0.15) is 0 Å². The van der Waals surface area contributed by atoms with Crippen molar-refractivity contribution in [3.05, 3.63) is 51.2 Å². The molecule has 3 N–H and O–H groups in total. The van der Waals surface area contributed by atoms with E-state index in [1.54, 1.807) is 7.05 Å². The molecule has 0 amide bonds. The first-order valence-electron chi connectivity index (χ1n) is 7.23. The quantitative estimate of drug-likeness (QED) is 0.702. The van der Waals surface area contributed by atoms with Crippen LogP contribution in [0, 0.1) is 0 Å². The number of hydrogen-bond acceptors (Lipinski definition) is 6. The van der Waals surface area contributed by atoms with Crippen molar-refractivity contribution in [2.75, 3.05) is 30.0 Å². The number of nitrogens with zero attached hydrogens (tertiary/aromatic N) is 3. The van der Waals surface area contributed by atoms with E-state index in [1.165, 1.54) is 11.6 Å². The average molecular weight is 316 g/mol. The maximum absolute atomic E-state index is 12.4. The molecule has 3 rings (SSSR count). The first-order chi connectivity index (χ1) is 10.9. The zero-order chi connectivity index (χ0) is 16.8. The number of hydrogen-bond donors (Lipinski definition) is 3. The Bertz CT molecular complexity index is 855. The van der Waals surface area contributed by atoms with Crippen molar-refractivity contribution in [2.45, 2.75) is 5.91 Å². The van der Waals surface area contributed by atoms with Crippen LogP contribution in [0.25, 0.3) is 0 Å². The summed E-state index contributed by atoms with van der Waals surface area (Å²) in [7, 11) is 6.82. The highest BCUT2D eigenvalue weighted by atomic mass is 16.2. The maximum Gasteiger partial charge on any atom is 0.332 e. The third-order valence-corrected chi connectivity index (χ3v) is 4.04. The standard InChI is InChI=1S/C15H20N6O2/c1-19(2)15(16-10-8-6-5-7-9-10)17-11-12(18-15)20(3)14(23)21(4)13(11)22/h5-9,16-18H,1-4H3. The van der Waals surface area contributed by atoms with E-state index in [1.807, 2.05) is 49.3 Å². The maximum atomic E-state index is 12.4. The van der Waals surface area contributed by atoms with Crippen LogP contribution < -0.4 is 27.2 Å². The summed E-state index contributed by atoms with van der Waals surface area (Å²) in [4.78, 5) is 26.4. The summed E-state index contributed by atoms with van der Waals surface area (Å²) in [5, 5.41) is 9.74. The van der Waals surface area contributed by atoms with E-state index in [4.69, 9.17) is 0 Å². The van der Waals surface area contributed by atoms with Gasteiger partial charge in [0, 0.05) is 19.8 Å². The van der Waals surface area contributed by atoms with Crippen molar-refractivity contribution >= 4 is 17.2 Å². The molecule has 0 saturated carbocycles. The van der Waals surface area contributed by atoms with Gasteiger partial charge in [-0.2, -0.15) is 0 Å². The number of rotatable bonds is 3. The lowest BCUT2D eigenvalue weighted by Gasteiger charge is -2.38. The summed E-state index contributed by atoms with van der Waals surface area (Å²) in [6.45, 7) is 0. The number of fused-ring (bicyclic) bond motifs is 1. The molecule has 0 bridgehead atoms. The largest absolute Gasteiger partial charge is 0.332 e. The topological polar surface area (TPSA) is 83.3 Å². The van der Waals surface area contributed by atoms with Gasteiger partial charge in [0.2, 0.25) is 5.91 Å². The predicted molar refractivity (Wildman–Crippen MR) is 90.7 cm³/mol. The van der Waals surface area contributed by atoms with Crippen molar-refractivity contribution in [2.24, 2.45) is 14.1 Å². The molecule has 8 nitrogen and oxygen atoms in total. The van der Waals surface area contributed by atoms with E-state index in [0.29, 0.717) is 11.5 Å². The number of aromatic nitrogens is 2. The van der Waals surface area contributed by atoms with Gasteiger partial charge >= 0.3 is 5.69 Å². The average Bonchev–Trinajstić information content (AvgIpc) is 2.93. The van der Waals surface area contributed by atoms with Gasteiger partial charge in [0.15, 0.2) is 0 Å². The molecule has 2 heterocycles. The Kier molecular flexibility index (Phi) is 3.41. The first kappa shape index (κ1) is 15.2. The molecule has 0 radical (unpaired) electrons. The minimum absolute atomic E-state index is 0.353. The highest BCUT2D eigenvalue weighted by molar-refractivity contribution is 5.73. The summed E-state index contributed by atoms with van der Waals surface area (Å²) in [5.74, 6) is -0.461. The Balaban J connectivity index is 2.10. The molecule has 0 saturated heterocycles. The fourth-order valence-electron chi connectivity index (χ4n) is 2.62. The Morgan fingerprint density at radius 3 is 2.30 bits per heavy atom. The Hall–Kier alpha value is -2.74. The molecule has 1 aromatic heterocycles. The molecule has 1 unspecified atom stereocenters. The summed E-state index contributed by atoms with van der Waals surface area (Å²) >= 11 is 0. The number of anilines is 3. The monoisotopic (exact) mass is 316 g/mol. The molecule has 0 spiro atoms. The molecule has 1 aromatic carbocycles. The number of benzene rings is 1. The molecule has 8 heteroatoms. The molecule has 122 valence electrons. The second-order valence-electron chi connectivity index (χ2n) is 5.78. The van der Waals surface area contributed by atoms with Crippen LogP contribution in [0.5, 0.6) is 0 Å². The van der Waals surface area contributed by atoms with E-state index >= 15 is 0 Å². The number of nitrogens with one attached hydrogen (secondary N) is 3. The summed E-state index contributed by atoms with van der Waals surface area (Å²) in [6.07, 6.45) is 0. The normalized spacial score (nSPS) is 19.2. The van der Waals surface area contributed by atoms with Crippen LogP contribution in [-0.2, 0) is 14.1 Å². The lowest BCUT2D eigenvalue weighted by Crippen LogP contribution is -2.60. The summed E-state index contributed by atoms with van der Waals surface area (Å²) in [5.41, 5.74) is 0.481. The second-order valence-corrected chi connectivity index (χ2v) is 5.78. The Morgan fingerprint density at radius 1 is 1.04 bits per heavy atom. The van der Waals surface area contributed by atoms with Crippen LogP contribution in [0.15, 0.2) is 39.9 Å². The van der Waals surface area contributed by atoms with Crippen LogP contribution in [0.3, 0.4) is 0 Å². The second kappa shape index (κ2) is 5.17. The van der Waals surface area contributed by atoms with Gasteiger partial charge in [0.25, 0.3) is 5.56 Å². The van der Waals surface area contributed by atoms with E-state index in [0.717, 1.165) is 10.3 Å². The van der Waals surface area contributed by atoms with Gasteiger partial charge in [-0.15, -0.1) is 0 Å². The third-order valence-electron chi connectivity index (χ3n) is 4.04. The highest BCUT2D eigenvalue weighted by Crippen LogP contribution is 2.31. The Labute approximate surface area is 133 Å². The van der Waals surface area contributed by atoms with Crippen molar-refractivity contribution in [3.63, 3.8) is 0 Å². The smallest absolute Gasteiger partial charge is 0.332 e. The molecule has 1 aliphatic heterocycles. The highest BCUT2D eigenvalue weighted by Gasteiger charge is 2.42. The van der Waals surface area contributed by atoms with Crippen LogP contribution in [0.4, 0.5) is 17.2 Å². The van der Waals surface area contributed by atoms with E-state index < -0.39 is 5.91 Å². The summed E-state index contributed by atoms with van der Waals surface area (Å²) < 4.78 is 2.50. The van der Waals surface area contributed by atoms with Gasteiger partial charge in [0.1, 0.15) is 11.5 Å². The number of para-hydroxylation sites is 1. The van der Waals surface area contributed by atoms with Gasteiger partial charge in [-0.3, -0.25) is 18.8 Å². The molecule has 1 atom stereocenters. The lowest BCUT2D eigenvalue weighted by atomic mass is 10.3. The van der Waals surface area contributed by atoms with Crippen LogP contribution in [-0.4, -0.2) is 34.0 Å². The van der Waals surface area contributed by atoms with Gasteiger partial charge in [0.05, 0.1) is 0 Å². The van der Waals surface area contributed by atoms with Crippen LogP contribution in [0.2, 0.25) is 0 Å². The van der Waals surface area contributed by atoms with Gasteiger partial charge < -0.3 is 16.0 Å². The first-order valence-corrected chi connectivity index (χ1v) is 7.23. The molecule has 0 aliphatic carbocycles. The van der Waals surface area contributed by atoms with Gasteiger partial charge in [-0.25, -0.2) is 4.79 Å². The van der Waals surface area contributed by atoms with Crippen molar-refractivity contribution < 1.29 is 0 Å². The molecular formula is C15H20N6O2. The SMILES string of the molecule is CN(C)C1(Nc2ccccc2)Nc2c(n(C)c(=O)n(C)c2=O)N1. The van der Waals surface area contributed by atoms with Crippen LogP contribution >= 0.6 is 0 Å². The fourth-order valence-corrected chi connectivity index (χ4v) is 2.62. The van der Waals surface area contributed by atoms with Crippen molar-refractivity contribution in [3.8, 4) is 0 Å². The van der Waals surface area contributed by atoms with Gasteiger partial charge in [-0.1, -0.05) is 18.2 Å². The molecule has 1 aliphatic rings. The van der Waals surface area contributed by atoms with Crippen molar-refractivity contribution in [1.82, 2.24) is 14.0 Å². The molecule has 23 heavy (non-hydrogen) atoms. The molecule has 0 fully saturated rings. The Morgan fingerprint density at radius 2 is 1.70 bits per heavy atom. The predicted octanol–water partition coefficient (Wildman–Crippen LogP) is 0.206. The van der Waals surface area contributed by atoms with E-state index in [9.17, 15) is 9.59 Å². The fraction of sp³-hybridized carbons (Fsp3) is 0.333. The van der Waals surface area contributed by atoms with Gasteiger partial charge in [-0.05, 0) is 26.2 Å². The minimum atomic E-state index is -0.915. The zero-order valence-electron chi connectivity index (χ0n) is 13.5. The van der Waals surface area contributed by atoms with Crippen molar-refractivity contribution in [1.29, 1.82) is 0 Å². The van der Waals surface area contributed by atoms with E-state index in [2.05, 4.69) is 16.0 Å². The lowest BCUT2D eigenvalue weighted by molar-refractivity contribution is 0.254. The zero-order valence-corrected chi connectivity index (χ0v) is 13.5. The molecule has 2 aromatic rings. The van der Waals surface area contributed by atoms with E-state index in [-0.39, 0.29) is 11.2 Å². The minimum Gasteiger partial charge on any atom is -0.332 e. The third kappa shape index (κ3) is 2.27. The molecular weight excluding hydrogens is 296 g/mol.